The van der Waals surface area contributed by atoms with E-state index in [1.807, 2.05) is 6.92 Å². The van der Waals surface area contributed by atoms with Crippen LogP contribution in [-0.2, 0) is 16.6 Å². The number of aryl methyl sites for hydroxylation is 1. The highest BCUT2D eigenvalue weighted by atomic mass is 32.2. The molecule has 0 amide bonds. The predicted octanol–water partition coefficient (Wildman–Crippen LogP) is 1.88. The van der Waals surface area contributed by atoms with Crippen molar-refractivity contribution in [2.75, 3.05) is 7.11 Å². The number of benzene rings is 1. The number of sulfonamides is 1. The van der Waals surface area contributed by atoms with Crippen molar-refractivity contribution < 1.29 is 13.2 Å². The first-order valence-electron chi connectivity index (χ1n) is 6.06. The van der Waals surface area contributed by atoms with Crippen molar-refractivity contribution in [2.24, 2.45) is 0 Å². The average molecular weight is 292 g/mol. The molecular weight excluding hydrogens is 276 g/mol. The summed E-state index contributed by atoms with van der Waals surface area (Å²) in [6.45, 7) is 2.10. The Balaban J connectivity index is 2.10. The first kappa shape index (κ1) is 14.5. The number of hydrogen-bond donors (Lipinski definition) is 1. The van der Waals surface area contributed by atoms with Crippen molar-refractivity contribution in [3.05, 3.63) is 53.7 Å². The van der Waals surface area contributed by atoms with Crippen LogP contribution in [0.1, 0.15) is 11.1 Å². The van der Waals surface area contributed by atoms with Gasteiger partial charge >= 0.3 is 0 Å². The van der Waals surface area contributed by atoms with Gasteiger partial charge in [0.25, 0.3) is 0 Å². The monoisotopic (exact) mass is 292 g/mol. The highest BCUT2D eigenvalue weighted by Gasteiger charge is 2.13. The van der Waals surface area contributed by atoms with Crippen LogP contribution in [0.25, 0.3) is 0 Å². The van der Waals surface area contributed by atoms with Crippen molar-refractivity contribution in [1.82, 2.24) is 9.71 Å². The lowest BCUT2D eigenvalue weighted by Crippen LogP contribution is -2.23. The minimum atomic E-state index is -3.51. The molecule has 0 saturated carbocycles. The molecule has 1 N–H and O–H groups in total. The molecule has 0 unspecified atom stereocenters. The van der Waals surface area contributed by atoms with Crippen LogP contribution in [-0.4, -0.2) is 20.5 Å². The molecule has 5 nitrogen and oxygen atoms in total. The standard InChI is InChI=1S/C14H16N2O3S/c1-11-3-5-13(6-4-11)20(17,18)16-10-12-7-8-15-14(9-12)19-2/h3-9,16H,10H2,1-2H3. The van der Waals surface area contributed by atoms with Gasteiger partial charge < -0.3 is 4.74 Å². The molecule has 2 rings (SSSR count). The van der Waals surface area contributed by atoms with Gasteiger partial charge in [0.2, 0.25) is 15.9 Å². The third-order valence-electron chi connectivity index (χ3n) is 2.81. The summed E-state index contributed by atoms with van der Waals surface area (Å²) < 4.78 is 31.8. The Morgan fingerprint density at radius 2 is 1.90 bits per heavy atom. The first-order valence-corrected chi connectivity index (χ1v) is 7.55. The Morgan fingerprint density at radius 1 is 1.20 bits per heavy atom. The molecule has 0 saturated heterocycles. The summed E-state index contributed by atoms with van der Waals surface area (Å²) in [6.07, 6.45) is 1.58. The lowest BCUT2D eigenvalue weighted by atomic mass is 10.2. The summed E-state index contributed by atoms with van der Waals surface area (Å²) in [5.41, 5.74) is 1.80. The van der Waals surface area contributed by atoms with Crippen LogP contribution in [0.5, 0.6) is 5.88 Å². The Morgan fingerprint density at radius 3 is 2.55 bits per heavy atom. The number of hydrogen-bond acceptors (Lipinski definition) is 4. The lowest BCUT2D eigenvalue weighted by Gasteiger charge is -2.08. The second kappa shape index (κ2) is 6.02. The van der Waals surface area contributed by atoms with E-state index >= 15 is 0 Å². The molecule has 0 aliphatic rings. The molecule has 0 atom stereocenters. The molecule has 1 heterocycles. The summed E-state index contributed by atoms with van der Waals surface area (Å²) in [5.74, 6) is 0.456. The van der Waals surface area contributed by atoms with E-state index < -0.39 is 10.0 Å². The molecule has 0 spiro atoms. The van der Waals surface area contributed by atoms with Crippen LogP contribution < -0.4 is 9.46 Å². The molecule has 2 aromatic rings. The SMILES string of the molecule is COc1cc(CNS(=O)(=O)c2ccc(C)cc2)ccn1. The summed E-state index contributed by atoms with van der Waals surface area (Å²) in [7, 11) is -1.99. The van der Waals surface area contributed by atoms with E-state index in [4.69, 9.17) is 4.74 Å². The molecule has 1 aromatic heterocycles. The molecule has 0 radical (unpaired) electrons. The van der Waals surface area contributed by atoms with Crippen LogP contribution in [0.4, 0.5) is 0 Å². The Bertz CT molecular complexity index is 682. The quantitative estimate of drug-likeness (QED) is 0.913. The normalized spacial score (nSPS) is 11.3. The van der Waals surface area contributed by atoms with Gasteiger partial charge in [0.1, 0.15) is 0 Å². The summed E-state index contributed by atoms with van der Waals surface area (Å²) >= 11 is 0. The van der Waals surface area contributed by atoms with E-state index in [2.05, 4.69) is 9.71 Å². The van der Waals surface area contributed by atoms with E-state index in [9.17, 15) is 8.42 Å². The first-order chi connectivity index (χ1) is 9.51. The van der Waals surface area contributed by atoms with Gasteiger partial charge in [-0.2, -0.15) is 0 Å². The summed E-state index contributed by atoms with van der Waals surface area (Å²) in [4.78, 5) is 4.22. The molecule has 20 heavy (non-hydrogen) atoms. The second-order valence-corrected chi connectivity index (χ2v) is 6.11. The van der Waals surface area contributed by atoms with Crippen LogP contribution in [0.3, 0.4) is 0 Å². The van der Waals surface area contributed by atoms with Gasteiger partial charge in [-0.25, -0.2) is 18.1 Å². The maximum absolute atomic E-state index is 12.1. The maximum Gasteiger partial charge on any atom is 0.240 e. The number of ether oxygens (including phenoxy) is 1. The van der Waals surface area contributed by atoms with E-state index in [1.165, 1.54) is 7.11 Å². The highest BCUT2D eigenvalue weighted by Crippen LogP contribution is 2.12. The Hall–Kier alpha value is -1.92. The van der Waals surface area contributed by atoms with Crippen LogP contribution in [0.15, 0.2) is 47.5 Å². The zero-order valence-electron chi connectivity index (χ0n) is 11.3. The van der Waals surface area contributed by atoms with Crippen molar-refractivity contribution in [3.8, 4) is 5.88 Å². The predicted molar refractivity (Wildman–Crippen MR) is 76.0 cm³/mol. The number of rotatable bonds is 5. The molecule has 1 aromatic carbocycles. The van der Waals surface area contributed by atoms with Gasteiger partial charge in [-0.1, -0.05) is 17.7 Å². The molecule has 0 fully saturated rings. The van der Waals surface area contributed by atoms with Crippen LogP contribution in [0.2, 0.25) is 0 Å². The Labute approximate surface area is 118 Å². The largest absolute Gasteiger partial charge is 0.481 e. The van der Waals surface area contributed by atoms with Gasteiger partial charge in [0, 0.05) is 18.8 Å². The molecule has 0 bridgehead atoms. The van der Waals surface area contributed by atoms with Gasteiger partial charge in [-0.3, -0.25) is 0 Å². The fraction of sp³-hybridized carbons (Fsp3) is 0.214. The van der Waals surface area contributed by atoms with Crippen LogP contribution >= 0.6 is 0 Å². The molecule has 0 aliphatic heterocycles. The number of nitrogens with zero attached hydrogens (tertiary/aromatic N) is 1. The minimum Gasteiger partial charge on any atom is -0.481 e. The fourth-order valence-electron chi connectivity index (χ4n) is 1.65. The highest BCUT2D eigenvalue weighted by molar-refractivity contribution is 7.89. The van der Waals surface area contributed by atoms with Crippen molar-refractivity contribution >= 4 is 10.0 Å². The lowest BCUT2D eigenvalue weighted by molar-refractivity contribution is 0.397. The van der Waals surface area contributed by atoms with Gasteiger partial charge in [-0.05, 0) is 30.7 Å². The minimum absolute atomic E-state index is 0.190. The molecule has 6 heteroatoms. The molecule has 106 valence electrons. The third kappa shape index (κ3) is 3.55. The number of pyridine rings is 1. The summed E-state index contributed by atoms with van der Waals surface area (Å²) in [6, 6.07) is 10.1. The van der Waals surface area contributed by atoms with E-state index in [-0.39, 0.29) is 11.4 Å². The number of methoxy groups -OCH3 is 1. The zero-order chi connectivity index (χ0) is 14.6. The topological polar surface area (TPSA) is 68.3 Å². The van der Waals surface area contributed by atoms with Gasteiger partial charge in [-0.15, -0.1) is 0 Å². The average Bonchev–Trinajstić information content (AvgIpc) is 2.46. The maximum atomic E-state index is 12.1. The van der Waals surface area contributed by atoms with Crippen molar-refractivity contribution in [3.63, 3.8) is 0 Å². The fourth-order valence-corrected chi connectivity index (χ4v) is 2.67. The molecule has 0 aliphatic carbocycles. The van der Waals surface area contributed by atoms with Gasteiger partial charge in [0.15, 0.2) is 0 Å². The second-order valence-electron chi connectivity index (χ2n) is 4.34. The van der Waals surface area contributed by atoms with Gasteiger partial charge in [0.05, 0.1) is 12.0 Å². The third-order valence-corrected chi connectivity index (χ3v) is 4.22. The van der Waals surface area contributed by atoms with E-state index in [0.29, 0.717) is 5.88 Å². The molecular formula is C14H16N2O3S. The smallest absolute Gasteiger partial charge is 0.240 e. The Kier molecular flexibility index (Phi) is 4.36. The zero-order valence-corrected chi connectivity index (χ0v) is 12.1. The number of aromatic nitrogens is 1. The van der Waals surface area contributed by atoms with Crippen molar-refractivity contribution in [2.45, 2.75) is 18.4 Å². The number of nitrogens with one attached hydrogen (secondary N) is 1. The van der Waals surface area contributed by atoms with E-state index in [1.54, 1.807) is 42.6 Å². The summed E-state index contributed by atoms with van der Waals surface area (Å²) in [5, 5.41) is 0. The van der Waals surface area contributed by atoms with Crippen molar-refractivity contribution in [1.29, 1.82) is 0 Å². The van der Waals surface area contributed by atoms with E-state index in [0.717, 1.165) is 11.1 Å². The van der Waals surface area contributed by atoms with Crippen LogP contribution in [0, 0.1) is 6.92 Å².